The molecule has 0 aliphatic carbocycles. The SMILES string of the molecule is C=C(C)CNc1cccnc1N. The summed E-state index contributed by atoms with van der Waals surface area (Å²) in [5.74, 6) is 0.527. The number of hydrogen-bond acceptors (Lipinski definition) is 3. The number of nitrogens with one attached hydrogen (secondary N) is 1. The summed E-state index contributed by atoms with van der Waals surface area (Å²) in [7, 11) is 0. The Bertz CT molecular complexity index is 281. The van der Waals surface area contributed by atoms with Gasteiger partial charge in [0.15, 0.2) is 0 Å². The van der Waals surface area contributed by atoms with Gasteiger partial charge in [-0.3, -0.25) is 0 Å². The van der Waals surface area contributed by atoms with Gasteiger partial charge in [-0.25, -0.2) is 4.98 Å². The molecule has 0 unspecified atom stereocenters. The van der Waals surface area contributed by atoms with E-state index in [1.165, 1.54) is 0 Å². The van der Waals surface area contributed by atoms with E-state index in [2.05, 4.69) is 16.9 Å². The summed E-state index contributed by atoms with van der Waals surface area (Å²) in [6, 6.07) is 3.74. The Kier molecular flexibility index (Phi) is 2.69. The first-order valence-electron chi connectivity index (χ1n) is 3.79. The van der Waals surface area contributed by atoms with Crippen LogP contribution in [0.1, 0.15) is 6.92 Å². The molecular weight excluding hydrogens is 150 g/mol. The van der Waals surface area contributed by atoms with E-state index >= 15 is 0 Å². The van der Waals surface area contributed by atoms with Crippen LogP contribution in [-0.2, 0) is 0 Å². The van der Waals surface area contributed by atoms with Crippen LogP contribution in [0.25, 0.3) is 0 Å². The van der Waals surface area contributed by atoms with Crippen molar-refractivity contribution in [2.24, 2.45) is 0 Å². The monoisotopic (exact) mass is 163 g/mol. The predicted octanol–water partition coefficient (Wildman–Crippen LogP) is 1.65. The lowest BCUT2D eigenvalue weighted by atomic mass is 10.3. The fourth-order valence-corrected chi connectivity index (χ4v) is 0.813. The van der Waals surface area contributed by atoms with Crippen LogP contribution in [-0.4, -0.2) is 11.5 Å². The summed E-state index contributed by atoms with van der Waals surface area (Å²) in [5, 5.41) is 3.13. The van der Waals surface area contributed by atoms with Crippen LogP contribution < -0.4 is 11.1 Å². The average Bonchev–Trinajstić information content (AvgIpc) is 2.03. The molecule has 1 rings (SSSR count). The van der Waals surface area contributed by atoms with Gasteiger partial charge < -0.3 is 11.1 Å². The Morgan fingerprint density at radius 1 is 1.75 bits per heavy atom. The largest absolute Gasteiger partial charge is 0.382 e. The second kappa shape index (κ2) is 3.76. The van der Waals surface area contributed by atoms with E-state index < -0.39 is 0 Å². The van der Waals surface area contributed by atoms with Gasteiger partial charge in [-0.1, -0.05) is 12.2 Å². The molecule has 3 N–H and O–H groups in total. The van der Waals surface area contributed by atoms with Gasteiger partial charge in [0, 0.05) is 12.7 Å². The molecule has 64 valence electrons. The summed E-state index contributed by atoms with van der Waals surface area (Å²) in [6.45, 7) is 6.47. The quantitative estimate of drug-likeness (QED) is 0.666. The van der Waals surface area contributed by atoms with Crippen molar-refractivity contribution < 1.29 is 0 Å². The Hall–Kier alpha value is -1.51. The van der Waals surface area contributed by atoms with Gasteiger partial charge in [0.25, 0.3) is 0 Å². The fourth-order valence-electron chi connectivity index (χ4n) is 0.813. The minimum atomic E-state index is 0.527. The van der Waals surface area contributed by atoms with Gasteiger partial charge in [-0.15, -0.1) is 0 Å². The molecule has 3 nitrogen and oxygen atoms in total. The average molecular weight is 163 g/mol. The maximum atomic E-state index is 5.60. The number of rotatable bonds is 3. The van der Waals surface area contributed by atoms with Crippen LogP contribution in [0.15, 0.2) is 30.5 Å². The zero-order chi connectivity index (χ0) is 8.97. The third-order valence-corrected chi connectivity index (χ3v) is 1.42. The molecule has 1 aromatic rings. The van der Waals surface area contributed by atoms with E-state index in [4.69, 9.17) is 5.73 Å². The summed E-state index contributed by atoms with van der Waals surface area (Å²) in [4.78, 5) is 3.94. The molecular formula is C9H13N3. The minimum absolute atomic E-state index is 0.527. The summed E-state index contributed by atoms with van der Waals surface area (Å²) >= 11 is 0. The maximum absolute atomic E-state index is 5.60. The molecule has 12 heavy (non-hydrogen) atoms. The van der Waals surface area contributed by atoms with E-state index in [0.29, 0.717) is 5.82 Å². The fraction of sp³-hybridized carbons (Fsp3) is 0.222. The van der Waals surface area contributed by atoms with Crippen molar-refractivity contribution in [2.75, 3.05) is 17.6 Å². The summed E-state index contributed by atoms with van der Waals surface area (Å²) < 4.78 is 0. The van der Waals surface area contributed by atoms with Gasteiger partial charge in [-0.05, 0) is 19.1 Å². The first-order chi connectivity index (χ1) is 5.70. The smallest absolute Gasteiger partial charge is 0.146 e. The number of nitrogen functional groups attached to an aromatic ring is 1. The van der Waals surface area contributed by atoms with Gasteiger partial charge in [0.2, 0.25) is 0 Å². The van der Waals surface area contributed by atoms with E-state index in [0.717, 1.165) is 17.8 Å². The van der Waals surface area contributed by atoms with Crippen molar-refractivity contribution in [3.8, 4) is 0 Å². The van der Waals surface area contributed by atoms with E-state index in [1.807, 2.05) is 19.1 Å². The molecule has 0 saturated carbocycles. The molecule has 1 heterocycles. The summed E-state index contributed by atoms with van der Waals surface area (Å²) in [6.07, 6.45) is 1.67. The third-order valence-electron chi connectivity index (χ3n) is 1.42. The highest BCUT2D eigenvalue weighted by Crippen LogP contribution is 2.13. The van der Waals surface area contributed by atoms with Gasteiger partial charge in [0.1, 0.15) is 5.82 Å². The number of aromatic nitrogens is 1. The zero-order valence-electron chi connectivity index (χ0n) is 7.17. The molecule has 0 aromatic carbocycles. The molecule has 0 saturated heterocycles. The Morgan fingerprint density at radius 3 is 3.08 bits per heavy atom. The molecule has 0 aliphatic rings. The number of hydrogen-bond donors (Lipinski definition) is 2. The van der Waals surface area contributed by atoms with Crippen molar-refractivity contribution in [1.82, 2.24) is 4.98 Å². The molecule has 0 bridgehead atoms. The van der Waals surface area contributed by atoms with Crippen LogP contribution >= 0.6 is 0 Å². The first kappa shape index (κ1) is 8.59. The number of anilines is 2. The molecule has 0 radical (unpaired) electrons. The predicted molar refractivity (Wildman–Crippen MR) is 52.0 cm³/mol. The molecule has 0 spiro atoms. The second-order valence-corrected chi connectivity index (χ2v) is 2.75. The van der Waals surface area contributed by atoms with Crippen molar-refractivity contribution in [3.63, 3.8) is 0 Å². The van der Waals surface area contributed by atoms with Crippen LogP contribution in [0, 0.1) is 0 Å². The highest BCUT2D eigenvalue weighted by atomic mass is 14.9. The van der Waals surface area contributed by atoms with Crippen molar-refractivity contribution in [2.45, 2.75) is 6.92 Å². The normalized spacial score (nSPS) is 9.42. The first-order valence-corrected chi connectivity index (χ1v) is 3.79. The second-order valence-electron chi connectivity index (χ2n) is 2.75. The number of nitrogens with zero attached hydrogens (tertiary/aromatic N) is 1. The maximum Gasteiger partial charge on any atom is 0.146 e. The zero-order valence-corrected chi connectivity index (χ0v) is 7.17. The Balaban J connectivity index is 2.63. The van der Waals surface area contributed by atoms with Crippen LogP contribution in [0.3, 0.4) is 0 Å². The lowest BCUT2D eigenvalue weighted by molar-refractivity contribution is 1.20. The van der Waals surface area contributed by atoms with Crippen LogP contribution in [0.2, 0.25) is 0 Å². The lowest BCUT2D eigenvalue weighted by Gasteiger charge is -2.06. The standard InChI is InChI=1S/C9H13N3/c1-7(2)6-12-8-4-3-5-11-9(8)10/h3-5,12H,1,6H2,2H3,(H2,10,11). The molecule has 0 amide bonds. The highest BCUT2D eigenvalue weighted by molar-refractivity contribution is 5.61. The Labute approximate surface area is 72.3 Å². The molecule has 3 heteroatoms. The number of pyridine rings is 1. The van der Waals surface area contributed by atoms with Gasteiger partial charge in [0.05, 0.1) is 5.69 Å². The van der Waals surface area contributed by atoms with Crippen molar-refractivity contribution in [3.05, 3.63) is 30.5 Å². The van der Waals surface area contributed by atoms with E-state index in [9.17, 15) is 0 Å². The van der Waals surface area contributed by atoms with Gasteiger partial charge >= 0.3 is 0 Å². The van der Waals surface area contributed by atoms with E-state index in [1.54, 1.807) is 6.20 Å². The number of nitrogens with two attached hydrogens (primary N) is 1. The molecule has 1 aromatic heterocycles. The van der Waals surface area contributed by atoms with E-state index in [-0.39, 0.29) is 0 Å². The molecule has 0 atom stereocenters. The summed E-state index contributed by atoms with van der Waals surface area (Å²) in [5.41, 5.74) is 7.53. The van der Waals surface area contributed by atoms with Crippen LogP contribution in [0.4, 0.5) is 11.5 Å². The van der Waals surface area contributed by atoms with Crippen LogP contribution in [0.5, 0.6) is 0 Å². The lowest BCUT2D eigenvalue weighted by Crippen LogP contribution is -2.05. The third kappa shape index (κ3) is 2.27. The topological polar surface area (TPSA) is 50.9 Å². The van der Waals surface area contributed by atoms with Crippen molar-refractivity contribution in [1.29, 1.82) is 0 Å². The van der Waals surface area contributed by atoms with Crippen molar-refractivity contribution >= 4 is 11.5 Å². The minimum Gasteiger partial charge on any atom is -0.382 e. The molecule has 0 fully saturated rings. The van der Waals surface area contributed by atoms with Gasteiger partial charge in [-0.2, -0.15) is 0 Å². The highest BCUT2D eigenvalue weighted by Gasteiger charge is 1.95. The molecule has 0 aliphatic heterocycles. The Morgan fingerprint density at radius 2 is 2.50 bits per heavy atom.